The molecule has 5 heteroatoms. The van der Waals surface area contributed by atoms with Crippen molar-refractivity contribution in [2.24, 2.45) is 0 Å². The largest absolute Gasteiger partial charge is 0.416 e. The summed E-state index contributed by atoms with van der Waals surface area (Å²) in [7, 11) is 0. The zero-order valence-electron chi connectivity index (χ0n) is 11.7. The summed E-state index contributed by atoms with van der Waals surface area (Å²) in [6.45, 7) is 4.90. The van der Waals surface area contributed by atoms with Crippen LogP contribution in [0, 0.1) is 0 Å². The maximum Gasteiger partial charge on any atom is 0.416 e. The first-order valence-corrected chi connectivity index (χ1v) is 7.17. The molecule has 0 amide bonds. The fourth-order valence-electron chi connectivity index (χ4n) is 2.70. The molecule has 1 N–H and O–H groups in total. The molecule has 1 aromatic rings. The Hall–Kier alpha value is -1.23. The van der Waals surface area contributed by atoms with Gasteiger partial charge < -0.3 is 10.2 Å². The van der Waals surface area contributed by atoms with Gasteiger partial charge in [-0.1, -0.05) is 6.92 Å². The molecule has 2 nitrogen and oxygen atoms in total. The first-order valence-electron chi connectivity index (χ1n) is 7.17. The van der Waals surface area contributed by atoms with E-state index in [-0.39, 0.29) is 0 Å². The number of rotatable bonds is 4. The maximum atomic E-state index is 12.6. The van der Waals surface area contributed by atoms with Gasteiger partial charge in [-0.25, -0.2) is 0 Å². The highest BCUT2D eigenvalue weighted by Gasteiger charge is 2.30. The zero-order chi connectivity index (χ0) is 14.6. The normalized spacial score (nSPS) is 19.9. The van der Waals surface area contributed by atoms with Crippen LogP contribution in [0.3, 0.4) is 0 Å². The van der Waals surface area contributed by atoms with Gasteiger partial charge in [0.2, 0.25) is 0 Å². The van der Waals surface area contributed by atoms with Gasteiger partial charge in [-0.2, -0.15) is 13.2 Å². The second kappa shape index (κ2) is 6.48. The molecule has 2 rings (SSSR count). The molecular formula is C15H21F3N2. The van der Waals surface area contributed by atoms with Crippen LogP contribution < -0.4 is 10.2 Å². The smallest absolute Gasteiger partial charge is 0.367 e. The molecule has 1 saturated heterocycles. The fraction of sp³-hybridized carbons (Fsp3) is 0.600. The Balaban J connectivity index is 2.16. The number of anilines is 1. The second-order valence-corrected chi connectivity index (χ2v) is 5.24. The highest BCUT2D eigenvalue weighted by Crippen LogP contribution is 2.31. The van der Waals surface area contributed by atoms with Crippen molar-refractivity contribution >= 4 is 5.69 Å². The molecule has 0 radical (unpaired) electrons. The highest BCUT2D eigenvalue weighted by atomic mass is 19.4. The van der Waals surface area contributed by atoms with E-state index in [1.54, 1.807) is 12.1 Å². The van der Waals surface area contributed by atoms with E-state index in [2.05, 4.69) is 17.1 Å². The van der Waals surface area contributed by atoms with Crippen molar-refractivity contribution in [1.29, 1.82) is 0 Å². The van der Waals surface area contributed by atoms with Gasteiger partial charge in [-0.05, 0) is 50.1 Å². The number of nitrogens with zero attached hydrogens (tertiary/aromatic N) is 1. The van der Waals surface area contributed by atoms with Crippen LogP contribution in [0.5, 0.6) is 0 Å². The second-order valence-electron chi connectivity index (χ2n) is 5.24. The van der Waals surface area contributed by atoms with Gasteiger partial charge in [-0.3, -0.25) is 0 Å². The minimum atomic E-state index is -4.26. The number of hydrogen-bond donors (Lipinski definition) is 1. The summed E-state index contributed by atoms with van der Waals surface area (Å²) in [6, 6.07) is 5.91. The minimum absolute atomic E-state index is 0.375. The SMILES string of the molecule is CCCN(c1ccc(C(F)(F)F)cc1)C1CCCNC1. The topological polar surface area (TPSA) is 15.3 Å². The predicted molar refractivity (Wildman–Crippen MR) is 75.0 cm³/mol. The van der Waals surface area contributed by atoms with Crippen LogP contribution in [0.4, 0.5) is 18.9 Å². The van der Waals surface area contributed by atoms with E-state index < -0.39 is 11.7 Å². The Morgan fingerprint density at radius 3 is 2.45 bits per heavy atom. The third-order valence-electron chi connectivity index (χ3n) is 3.70. The third kappa shape index (κ3) is 3.66. The fourth-order valence-corrected chi connectivity index (χ4v) is 2.70. The molecule has 0 spiro atoms. The maximum absolute atomic E-state index is 12.6. The van der Waals surface area contributed by atoms with Gasteiger partial charge in [0.05, 0.1) is 5.56 Å². The monoisotopic (exact) mass is 286 g/mol. The van der Waals surface area contributed by atoms with E-state index in [9.17, 15) is 13.2 Å². The zero-order valence-corrected chi connectivity index (χ0v) is 11.7. The third-order valence-corrected chi connectivity index (χ3v) is 3.70. The lowest BCUT2D eigenvalue weighted by Crippen LogP contribution is -2.46. The summed E-state index contributed by atoms with van der Waals surface area (Å²) in [6.07, 6.45) is -1.07. The minimum Gasteiger partial charge on any atom is -0.367 e. The van der Waals surface area contributed by atoms with E-state index in [0.29, 0.717) is 6.04 Å². The average Bonchev–Trinajstić information content (AvgIpc) is 2.45. The van der Waals surface area contributed by atoms with Crippen LogP contribution in [0.25, 0.3) is 0 Å². The Kier molecular flexibility index (Phi) is 4.91. The average molecular weight is 286 g/mol. The van der Waals surface area contributed by atoms with Crippen LogP contribution in [0.1, 0.15) is 31.7 Å². The number of halogens is 3. The number of benzene rings is 1. The van der Waals surface area contributed by atoms with Gasteiger partial charge in [0.15, 0.2) is 0 Å². The van der Waals surface area contributed by atoms with E-state index >= 15 is 0 Å². The predicted octanol–water partition coefficient (Wildman–Crippen LogP) is 3.67. The molecule has 1 fully saturated rings. The molecule has 1 aliphatic heterocycles. The van der Waals surface area contributed by atoms with Crippen molar-refractivity contribution in [2.75, 3.05) is 24.5 Å². The molecule has 0 saturated carbocycles. The Morgan fingerprint density at radius 2 is 1.95 bits per heavy atom. The van der Waals surface area contributed by atoms with E-state index in [4.69, 9.17) is 0 Å². The van der Waals surface area contributed by atoms with Gasteiger partial charge in [0.1, 0.15) is 0 Å². The first-order chi connectivity index (χ1) is 9.52. The molecular weight excluding hydrogens is 265 g/mol. The molecule has 0 bridgehead atoms. The van der Waals surface area contributed by atoms with Crippen LogP contribution >= 0.6 is 0 Å². The Bertz CT molecular complexity index is 408. The summed E-state index contributed by atoms with van der Waals surface area (Å²) < 4.78 is 37.8. The lowest BCUT2D eigenvalue weighted by atomic mass is 10.0. The number of nitrogens with one attached hydrogen (secondary N) is 1. The summed E-state index contributed by atoms with van der Waals surface area (Å²) in [5.74, 6) is 0. The lowest BCUT2D eigenvalue weighted by molar-refractivity contribution is -0.137. The molecule has 1 aromatic carbocycles. The molecule has 1 atom stereocenters. The number of piperidine rings is 1. The van der Waals surface area contributed by atoms with Crippen molar-refractivity contribution in [3.05, 3.63) is 29.8 Å². The van der Waals surface area contributed by atoms with Crippen molar-refractivity contribution in [2.45, 2.75) is 38.4 Å². The van der Waals surface area contributed by atoms with E-state index in [0.717, 1.165) is 44.6 Å². The van der Waals surface area contributed by atoms with Gasteiger partial charge in [0, 0.05) is 24.8 Å². The summed E-state index contributed by atoms with van der Waals surface area (Å²) >= 11 is 0. The Labute approximate surface area is 118 Å². The molecule has 0 aromatic heterocycles. The number of alkyl halides is 3. The van der Waals surface area contributed by atoms with Crippen molar-refractivity contribution in [1.82, 2.24) is 5.32 Å². The van der Waals surface area contributed by atoms with Crippen LogP contribution in [-0.4, -0.2) is 25.7 Å². The quantitative estimate of drug-likeness (QED) is 0.908. The lowest BCUT2D eigenvalue weighted by Gasteiger charge is -2.36. The number of hydrogen-bond acceptors (Lipinski definition) is 2. The molecule has 1 heterocycles. The standard InChI is InChI=1S/C15H21F3N2/c1-2-10-20(14-4-3-9-19-11-14)13-7-5-12(6-8-13)15(16,17)18/h5-8,14,19H,2-4,9-11H2,1H3. The van der Waals surface area contributed by atoms with E-state index in [1.807, 2.05) is 0 Å². The van der Waals surface area contributed by atoms with Crippen LogP contribution in [0.15, 0.2) is 24.3 Å². The van der Waals surface area contributed by atoms with Crippen molar-refractivity contribution in [3.8, 4) is 0 Å². The van der Waals surface area contributed by atoms with Crippen LogP contribution in [-0.2, 0) is 6.18 Å². The summed E-state index contributed by atoms with van der Waals surface area (Å²) in [4.78, 5) is 2.23. The molecule has 1 aliphatic rings. The molecule has 1 unspecified atom stereocenters. The summed E-state index contributed by atoms with van der Waals surface area (Å²) in [5.41, 5.74) is 0.299. The van der Waals surface area contributed by atoms with Gasteiger partial charge >= 0.3 is 6.18 Å². The molecule has 112 valence electrons. The molecule has 20 heavy (non-hydrogen) atoms. The first kappa shape index (κ1) is 15.2. The van der Waals surface area contributed by atoms with Gasteiger partial charge in [0.25, 0.3) is 0 Å². The van der Waals surface area contributed by atoms with E-state index in [1.165, 1.54) is 12.1 Å². The highest BCUT2D eigenvalue weighted by molar-refractivity contribution is 5.49. The van der Waals surface area contributed by atoms with Crippen molar-refractivity contribution in [3.63, 3.8) is 0 Å². The Morgan fingerprint density at radius 1 is 1.25 bits per heavy atom. The van der Waals surface area contributed by atoms with Crippen LogP contribution in [0.2, 0.25) is 0 Å². The summed E-state index contributed by atoms with van der Waals surface area (Å²) in [5, 5.41) is 3.36. The van der Waals surface area contributed by atoms with Crippen molar-refractivity contribution < 1.29 is 13.2 Å². The van der Waals surface area contributed by atoms with Gasteiger partial charge in [-0.15, -0.1) is 0 Å². The molecule has 0 aliphatic carbocycles.